The van der Waals surface area contributed by atoms with Gasteiger partial charge in [-0.05, 0) is 70.2 Å². The van der Waals surface area contributed by atoms with Crippen molar-refractivity contribution in [3.05, 3.63) is 44.6 Å². The Kier molecular flexibility index (Phi) is 6.52. The molecule has 3 aromatic rings. The lowest BCUT2D eigenvalue weighted by atomic mass is 10.1. The van der Waals surface area contributed by atoms with Gasteiger partial charge in [-0.2, -0.15) is 0 Å². The van der Waals surface area contributed by atoms with Crippen LogP contribution in [0.3, 0.4) is 0 Å². The van der Waals surface area contributed by atoms with Crippen LogP contribution >= 0.6 is 34.3 Å². The van der Waals surface area contributed by atoms with Crippen molar-refractivity contribution in [2.75, 3.05) is 32.1 Å². The van der Waals surface area contributed by atoms with Crippen LogP contribution in [0.15, 0.2) is 24.3 Å². The first-order valence-electron chi connectivity index (χ1n) is 8.90. The van der Waals surface area contributed by atoms with Gasteiger partial charge in [0.1, 0.15) is 0 Å². The van der Waals surface area contributed by atoms with Crippen LogP contribution in [-0.2, 0) is 11.2 Å². The number of anilines is 1. The summed E-state index contributed by atoms with van der Waals surface area (Å²) in [4.78, 5) is 22.8. The number of carbonyl (C=O) groups excluding carboxylic acids is 1. The molecule has 0 aliphatic carbocycles. The third-order valence-corrected chi connectivity index (χ3v) is 6.55. The number of rotatable bonds is 7. The van der Waals surface area contributed by atoms with Crippen molar-refractivity contribution in [1.82, 2.24) is 9.88 Å². The fraction of sp³-hybridized carbons (Fsp3) is 0.400. The summed E-state index contributed by atoms with van der Waals surface area (Å²) in [6.45, 7) is 5.75. The standard InChI is InChI=1S/C20H24ClN3OS2/c1-13-10-14(2)19-16(11-13)27-20(22-19)24(9-5-8-23(3)4)18(25)12-15-6-7-17(21)26-15/h6-7,10-11H,5,8-9,12H2,1-4H3. The number of aromatic nitrogens is 1. The summed E-state index contributed by atoms with van der Waals surface area (Å²) in [6.07, 6.45) is 1.26. The number of hydrogen-bond donors (Lipinski definition) is 0. The lowest BCUT2D eigenvalue weighted by Gasteiger charge is -2.20. The van der Waals surface area contributed by atoms with E-state index in [1.54, 1.807) is 11.3 Å². The molecule has 0 aliphatic rings. The molecule has 0 bridgehead atoms. The summed E-state index contributed by atoms with van der Waals surface area (Å²) >= 11 is 9.08. The second-order valence-electron chi connectivity index (χ2n) is 7.01. The number of thiazole rings is 1. The first-order chi connectivity index (χ1) is 12.8. The van der Waals surface area contributed by atoms with E-state index in [9.17, 15) is 4.79 Å². The van der Waals surface area contributed by atoms with Crippen LogP contribution in [0.4, 0.5) is 5.13 Å². The van der Waals surface area contributed by atoms with Gasteiger partial charge < -0.3 is 4.90 Å². The third kappa shape index (κ3) is 5.08. The van der Waals surface area contributed by atoms with Gasteiger partial charge in [-0.25, -0.2) is 4.98 Å². The van der Waals surface area contributed by atoms with Crippen LogP contribution in [0, 0.1) is 13.8 Å². The molecule has 7 heteroatoms. The van der Waals surface area contributed by atoms with Gasteiger partial charge in [0.2, 0.25) is 5.91 Å². The van der Waals surface area contributed by atoms with Crippen LogP contribution in [-0.4, -0.2) is 43.0 Å². The molecule has 2 aromatic heterocycles. The molecule has 0 spiro atoms. The van der Waals surface area contributed by atoms with Gasteiger partial charge in [-0.1, -0.05) is 29.0 Å². The molecule has 0 N–H and O–H groups in total. The first-order valence-corrected chi connectivity index (χ1v) is 10.9. The topological polar surface area (TPSA) is 36.4 Å². The van der Waals surface area contributed by atoms with E-state index < -0.39 is 0 Å². The summed E-state index contributed by atoms with van der Waals surface area (Å²) in [7, 11) is 4.09. The highest BCUT2D eigenvalue weighted by atomic mass is 35.5. The molecule has 2 heterocycles. The molecular weight excluding hydrogens is 398 g/mol. The first kappa shape index (κ1) is 20.3. The number of fused-ring (bicyclic) bond motifs is 1. The quantitative estimate of drug-likeness (QED) is 0.529. The summed E-state index contributed by atoms with van der Waals surface area (Å²) in [6, 6.07) is 8.05. The number of aryl methyl sites for hydroxylation is 2. The minimum Gasteiger partial charge on any atom is -0.309 e. The Bertz CT molecular complexity index is 948. The second kappa shape index (κ2) is 8.69. The van der Waals surface area contributed by atoms with Crippen molar-refractivity contribution in [3.63, 3.8) is 0 Å². The number of thiophene rings is 1. The Labute approximate surface area is 173 Å². The van der Waals surface area contributed by atoms with Crippen molar-refractivity contribution in [3.8, 4) is 0 Å². The van der Waals surface area contributed by atoms with Crippen LogP contribution in [0.1, 0.15) is 22.4 Å². The monoisotopic (exact) mass is 421 g/mol. The number of halogens is 1. The van der Waals surface area contributed by atoms with E-state index in [1.807, 2.05) is 31.1 Å². The van der Waals surface area contributed by atoms with E-state index >= 15 is 0 Å². The van der Waals surface area contributed by atoms with Gasteiger partial charge in [0.15, 0.2) is 5.13 Å². The molecule has 4 nitrogen and oxygen atoms in total. The molecule has 0 unspecified atom stereocenters. The smallest absolute Gasteiger partial charge is 0.234 e. The van der Waals surface area contributed by atoms with Crippen molar-refractivity contribution in [2.24, 2.45) is 0 Å². The van der Waals surface area contributed by atoms with Gasteiger partial charge >= 0.3 is 0 Å². The maximum Gasteiger partial charge on any atom is 0.234 e. The molecule has 0 saturated heterocycles. The van der Waals surface area contributed by atoms with E-state index in [4.69, 9.17) is 16.6 Å². The molecule has 0 atom stereocenters. The molecule has 0 fully saturated rings. The average molecular weight is 422 g/mol. The largest absolute Gasteiger partial charge is 0.309 e. The van der Waals surface area contributed by atoms with Crippen LogP contribution in [0.25, 0.3) is 10.2 Å². The Hall–Kier alpha value is -1.47. The Morgan fingerprint density at radius 2 is 1.93 bits per heavy atom. The maximum atomic E-state index is 13.1. The summed E-state index contributed by atoms with van der Waals surface area (Å²) in [5.41, 5.74) is 3.36. The number of carbonyl (C=O) groups is 1. The van der Waals surface area contributed by atoms with E-state index in [0.29, 0.717) is 17.3 Å². The molecule has 144 valence electrons. The highest BCUT2D eigenvalue weighted by molar-refractivity contribution is 7.22. The summed E-state index contributed by atoms with van der Waals surface area (Å²) in [5.74, 6) is 0.0701. The van der Waals surface area contributed by atoms with Gasteiger partial charge in [-0.15, -0.1) is 11.3 Å². The highest BCUT2D eigenvalue weighted by Crippen LogP contribution is 2.32. The van der Waals surface area contributed by atoms with Gasteiger partial charge in [0.05, 0.1) is 21.0 Å². The van der Waals surface area contributed by atoms with Gasteiger partial charge in [0.25, 0.3) is 0 Å². The highest BCUT2D eigenvalue weighted by Gasteiger charge is 2.21. The van der Waals surface area contributed by atoms with Crippen LogP contribution in [0.5, 0.6) is 0 Å². The minimum atomic E-state index is 0.0701. The number of hydrogen-bond acceptors (Lipinski definition) is 5. The fourth-order valence-electron chi connectivity index (χ4n) is 3.04. The SMILES string of the molecule is Cc1cc(C)c2nc(N(CCCN(C)C)C(=O)Cc3ccc(Cl)s3)sc2c1. The lowest BCUT2D eigenvalue weighted by molar-refractivity contribution is -0.118. The molecule has 27 heavy (non-hydrogen) atoms. The van der Waals surface area contributed by atoms with Crippen molar-refractivity contribution in [2.45, 2.75) is 26.7 Å². The Balaban J connectivity index is 1.88. The predicted molar refractivity (Wildman–Crippen MR) is 118 cm³/mol. The third-order valence-electron chi connectivity index (χ3n) is 4.29. The molecule has 3 rings (SSSR count). The lowest BCUT2D eigenvalue weighted by Crippen LogP contribution is -2.34. The molecule has 0 radical (unpaired) electrons. The maximum absolute atomic E-state index is 13.1. The predicted octanol–water partition coefficient (Wildman–Crippen LogP) is 5.16. The Morgan fingerprint density at radius 3 is 2.59 bits per heavy atom. The van der Waals surface area contributed by atoms with Crippen molar-refractivity contribution >= 4 is 55.5 Å². The Morgan fingerprint density at radius 1 is 1.15 bits per heavy atom. The molecular formula is C20H24ClN3OS2. The zero-order valence-electron chi connectivity index (χ0n) is 16.1. The van der Waals surface area contributed by atoms with Gasteiger partial charge in [-0.3, -0.25) is 9.69 Å². The zero-order valence-corrected chi connectivity index (χ0v) is 18.5. The normalized spacial score (nSPS) is 11.5. The number of benzene rings is 1. The van der Waals surface area contributed by atoms with E-state index in [-0.39, 0.29) is 5.91 Å². The zero-order chi connectivity index (χ0) is 19.6. The van der Waals surface area contributed by atoms with E-state index in [1.165, 1.54) is 16.9 Å². The second-order valence-corrected chi connectivity index (χ2v) is 9.82. The number of nitrogens with zero attached hydrogens (tertiary/aromatic N) is 3. The van der Waals surface area contributed by atoms with Crippen LogP contribution < -0.4 is 4.90 Å². The summed E-state index contributed by atoms with van der Waals surface area (Å²) < 4.78 is 1.84. The summed E-state index contributed by atoms with van der Waals surface area (Å²) in [5, 5.41) is 0.783. The molecule has 0 saturated carbocycles. The van der Waals surface area contributed by atoms with E-state index in [0.717, 1.165) is 38.8 Å². The van der Waals surface area contributed by atoms with Crippen LogP contribution in [0.2, 0.25) is 4.34 Å². The average Bonchev–Trinajstić information content (AvgIpc) is 3.17. The minimum absolute atomic E-state index is 0.0701. The molecule has 1 aromatic carbocycles. The molecule has 1 amide bonds. The van der Waals surface area contributed by atoms with E-state index in [2.05, 4.69) is 30.9 Å². The molecule has 0 aliphatic heterocycles. The fourth-order valence-corrected chi connectivity index (χ4v) is 5.30. The van der Waals surface area contributed by atoms with Crippen molar-refractivity contribution in [1.29, 1.82) is 0 Å². The van der Waals surface area contributed by atoms with Gasteiger partial charge in [0, 0.05) is 11.4 Å². The number of amides is 1. The van der Waals surface area contributed by atoms with Crippen molar-refractivity contribution < 1.29 is 4.79 Å².